The van der Waals surface area contributed by atoms with E-state index >= 15 is 0 Å². The molecule has 1 unspecified atom stereocenters. The molecule has 1 fully saturated rings. The van der Waals surface area contributed by atoms with E-state index in [0.29, 0.717) is 36.8 Å². The lowest BCUT2D eigenvalue weighted by atomic mass is 10.2. The van der Waals surface area contributed by atoms with Gasteiger partial charge in [0.25, 0.3) is 0 Å². The summed E-state index contributed by atoms with van der Waals surface area (Å²) in [7, 11) is 3.21. The van der Waals surface area contributed by atoms with Gasteiger partial charge in [-0.05, 0) is 12.1 Å². The lowest BCUT2D eigenvalue weighted by molar-refractivity contribution is -0.116. The number of hydrogen-bond acceptors (Lipinski definition) is 6. The average Bonchev–Trinajstić information content (AvgIpc) is 2.56. The molecule has 7 heteroatoms. The highest BCUT2D eigenvalue weighted by atomic mass is 32.2. The Hall–Kier alpha value is -1.44. The number of ether oxygens (including phenoxy) is 3. The third-order valence-corrected chi connectivity index (χ3v) is 4.55. The Labute approximate surface area is 141 Å². The first kappa shape index (κ1) is 17.9. The highest BCUT2D eigenvalue weighted by Gasteiger charge is 2.17. The second-order valence-electron chi connectivity index (χ2n) is 5.19. The fourth-order valence-electron chi connectivity index (χ4n) is 2.29. The smallest absolute Gasteiger partial charge is 0.225 e. The van der Waals surface area contributed by atoms with Crippen molar-refractivity contribution in [3.8, 4) is 11.5 Å². The predicted octanol–water partition coefficient (Wildman–Crippen LogP) is 1.75. The maximum Gasteiger partial charge on any atom is 0.225 e. The van der Waals surface area contributed by atoms with Crippen molar-refractivity contribution in [2.45, 2.75) is 12.5 Å². The van der Waals surface area contributed by atoms with Gasteiger partial charge in [0, 0.05) is 49.4 Å². The van der Waals surface area contributed by atoms with E-state index in [-0.39, 0.29) is 11.9 Å². The van der Waals surface area contributed by atoms with Crippen LogP contribution in [0, 0.1) is 0 Å². The fraction of sp³-hybridized carbons (Fsp3) is 0.562. The van der Waals surface area contributed by atoms with Crippen LogP contribution in [0.1, 0.15) is 6.42 Å². The number of anilines is 1. The van der Waals surface area contributed by atoms with E-state index < -0.39 is 0 Å². The lowest BCUT2D eigenvalue weighted by Crippen LogP contribution is -2.39. The van der Waals surface area contributed by atoms with Crippen LogP contribution in [0.4, 0.5) is 5.69 Å². The zero-order valence-corrected chi connectivity index (χ0v) is 14.4. The van der Waals surface area contributed by atoms with Crippen LogP contribution >= 0.6 is 11.8 Å². The minimum Gasteiger partial charge on any atom is -0.493 e. The Morgan fingerprint density at radius 2 is 2.22 bits per heavy atom. The molecule has 128 valence electrons. The number of carbonyl (C=O) groups is 1. The molecule has 6 nitrogen and oxygen atoms in total. The first-order valence-corrected chi connectivity index (χ1v) is 8.79. The second-order valence-corrected chi connectivity index (χ2v) is 6.33. The van der Waals surface area contributed by atoms with Crippen LogP contribution in [0.25, 0.3) is 0 Å². The second kappa shape index (κ2) is 9.64. The Bertz CT molecular complexity index is 507. The van der Waals surface area contributed by atoms with Gasteiger partial charge in [-0.3, -0.25) is 4.79 Å². The van der Waals surface area contributed by atoms with Gasteiger partial charge in [0.2, 0.25) is 5.91 Å². The van der Waals surface area contributed by atoms with Gasteiger partial charge in [0.15, 0.2) is 11.5 Å². The normalized spacial score (nSPS) is 17.6. The van der Waals surface area contributed by atoms with E-state index in [4.69, 9.17) is 14.2 Å². The van der Waals surface area contributed by atoms with Gasteiger partial charge >= 0.3 is 0 Å². The number of hydrogen-bond donors (Lipinski definition) is 2. The van der Waals surface area contributed by atoms with Gasteiger partial charge in [-0.25, -0.2) is 0 Å². The molecular weight excluding hydrogens is 316 g/mol. The zero-order valence-electron chi connectivity index (χ0n) is 13.6. The van der Waals surface area contributed by atoms with Crippen LogP contribution < -0.4 is 20.1 Å². The molecule has 2 N–H and O–H groups in total. The summed E-state index contributed by atoms with van der Waals surface area (Å²) in [6, 6.07) is 5.61. The van der Waals surface area contributed by atoms with Crippen LogP contribution in [0.2, 0.25) is 0 Å². The maximum absolute atomic E-state index is 12.2. The van der Waals surface area contributed by atoms with Crippen molar-refractivity contribution in [1.82, 2.24) is 5.32 Å². The number of rotatable bonds is 8. The van der Waals surface area contributed by atoms with Gasteiger partial charge in [0.1, 0.15) is 6.61 Å². The van der Waals surface area contributed by atoms with Gasteiger partial charge < -0.3 is 24.8 Å². The van der Waals surface area contributed by atoms with E-state index in [9.17, 15) is 4.79 Å². The van der Waals surface area contributed by atoms with Crippen LogP contribution in [-0.4, -0.2) is 57.4 Å². The van der Waals surface area contributed by atoms with Crippen molar-refractivity contribution in [1.29, 1.82) is 0 Å². The molecule has 0 aliphatic carbocycles. The summed E-state index contributed by atoms with van der Waals surface area (Å²) in [5, 5.41) is 6.28. The summed E-state index contributed by atoms with van der Waals surface area (Å²) >= 11 is 1.88. The van der Waals surface area contributed by atoms with Crippen LogP contribution in [-0.2, 0) is 9.53 Å². The van der Waals surface area contributed by atoms with Gasteiger partial charge in [0.05, 0.1) is 13.7 Å². The number of nitrogens with one attached hydrogen (secondary N) is 2. The monoisotopic (exact) mass is 340 g/mol. The average molecular weight is 340 g/mol. The third-order valence-electron chi connectivity index (χ3n) is 3.42. The number of thioether (sulfide) groups is 1. The molecule has 1 aromatic rings. The van der Waals surface area contributed by atoms with Gasteiger partial charge in [-0.1, -0.05) is 0 Å². The van der Waals surface area contributed by atoms with Gasteiger partial charge in [-0.15, -0.1) is 0 Å². The Balaban J connectivity index is 1.92. The summed E-state index contributed by atoms with van der Waals surface area (Å²) in [6.07, 6.45) is 0.471. The molecule has 23 heavy (non-hydrogen) atoms. The molecule has 0 bridgehead atoms. The Morgan fingerprint density at radius 1 is 1.35 bits per heavy atom. The molecular formula is C16H24N2O4S. The molecule has 0 saturated carbocycles. The molecule has 1 aliphatic heterocycles. The Kier molecular flexibility index (Phi) is 7.51. The molecule has 1 aromatic carbocycles. The molecule has 1 atom stereocenters. The summed E-state index contributed by atoms with van der Waals surface area (Å²) in [6.45, 7) is 1.88. The lowest BCUT2D eigenvalue weighted by Gasteiger charge is -2.22. The van der Waals surface area contributed by atoms with E-state index in [0.717, 1.165) is 18.1 Å². The SMILES string of the molecule is COCCOc1cc(NC(=O)CC2CSCCN2)ccc1OC. The van der Waals surface area contributed by atoms with E-state index in [1.54, 1.807) is 26.4 Å². The molecule has 1 aliphatic rings. The molecule has 1 heterocycles. The third kappa shape index (κ3) is 5.93. The summed E-state index contributed by atoms with van der Waals surface area (Å²) in [5.41, 5.74) is 0.701. The quantitative estimate of drug-likeness (QED) is 0.703. The van der Waals surface area contributed by atoms with Crippen LogP contribution in [0.5, 0.6) is 11.5 Å². The fourth-order valence-corrected chi connectivity index (χ4v) is 3.24. The summed E-state index contributed by atoms with van der Waals surface area (Å²) in [4.78, 5) is 12.2. The van der Waals surface area contributed by atoms with E-state index in [2.05, 4.69) is 10.6 Å². The van der Waals surface area contributed by atoms with Crippen LogP contribution in [0.3, 0.4) is 0 Å². The van der Waals surface area contributed by atoms with Crippen molar-refractivity contribution >= 4 is 23.4 Å². The molecule has 1 amide bonds. The van der Waals surface area contributed by atoms with Crippen molar-refractivity contribution in [2.75, 3.05) is 50.8 Å². The first-order chi connectivity index (χ1) is 11.2. The van der Waals surface area contributed by atoms with E-state index in [1.807, 2.05) is 17.8 Å². The molecule has 0 spiro atoms. The molecule has 1 saturated heterocycles. The largest absolute Gasteiger partial charge is 0.493 e. The van der Waals surface area contributed by atoms with Crippen molar-refractivity contribution < 1.29 is 19.0 Å². The topological polar surface area (TPSA) is 68.8 Å². The molecule has 0 radical (unpaired) electrons. The highest BCUT2D eigenvalue weighted by Crippen LogP contribution is 2.30. The molecule has 2 rings (SSSR count). The number of carbonyl (C=O) groups excluding carboxylic acids is 1. The van der Waals surface area contributed by atoms with Gasteiger partial charge in [-0.2, -0.15) is 11.8 Å². The number of benzene rings is 1. The van der Waals surface area contributed by atoms with Crippen molar-refractivity contribution in [3.05, 3.63) is 18.2 Å². The first-order valence-electron chi connectivity index (χ1n) is 7.63. The predicted molar refractivity (Wildman–Crippen MR) is 92.7 cm³/mol. The zero-order chi connectivity index (χ0) is 16.5. The Morgan fingerprint density at radius 3 is 2.91 bits per heavy atom. The molecule has 0 aromatic heterocycles. The highest BCUT2D eigenvalue weighted by molar-refractivity contribution is 7.99. The summed E-state index contributed by atoms with van der Waals surface area (Å²) < 4.78 is 15.9. The maximum atomic E-state index is 12.2. The van der Waals surface area contributed by atoms with Crippen molar-refractivity contribution in [2.24, 2.45) is 0 Å². The standard InChI is InChI=1S/C16H24N2O4S/c1-20-6-7-22-15-9-12(3-4-14(15)21-2)18-16(19)10-13-11-23-8-5-17-13/h3-4,9,13,17H,5-8,10-11H2,1-2H3,(H,18,19). The van der Waals surface area contributed by atoms with E-state index in [1.165, 1.54) is 0 Å². The number of methoxy groups -OCH3 is 2. The van der Waals surface area contributed by atoms with Crippen LogP contribution in [0.15, 0.2) is 18.2 Å². The summed E-state index contributed by atoms with van der Waals surface area (Å²) in [5.74, 6) is 3.30. The number of amides is 1. The minimum atomic E-state index is -0.00184. The minimum absolute atomic E-state index is 0.00184. The van der Waals surface area contributed by atoms with Crippen molar-refractivity contribution in [3.63, 3.8) is 0 Å².